The minimum absolute atomic E-state index is 0.0656. The number of benzene rings is 2. The van der Waals surface area contributed by atoms with Crippen LogP contribution in [0.2, 0.25) is 0 Å². The summed E-state index contributed by atoms with van der Waals surface area (Å²) in [6.07, 6.45) is 0. The summed E-state index contributed by atoms with van der Waals surface area (Å²) in [5.41, 5.74) is 1.47. The zero-order valence-corrected chi connectivity index (χ0v) is 16.8. The fraction of sp³-hybridized carbons (Fsp3) is 0.200. The van der Waals surface area contributed by atoms with Crippen LogP contribution in [0.5, 0.6) is 0 Å². The van der Waals surface area contributed by atoms with E-state index in [2.05, 4.69) is 20.8 Å². The molecule has 0 aliphatic heterocycles. The van der Waals surface area contributed by atoms with Crippen molar-refractivity contribution in [2.24, 2.45) is 0 Å². The summed E-state index contributed by atoms with van der Waals surface area (Å²) in [7, 11) is 0. The van der Waals surface area contributed by atoms with Crippen molar-refractivity contribution in [3.8, 4) is 0 Å². The summed E-state index contributed by atoms with van der Waals surface area (Å²) in [6.45, 7) is 4.56. The maximum Gasteiger partial charge on any atom is 0.258 e. The highest BCUT2D eigenvalue weighted by Crippen LogP contribution is 2.19. The molecule has 150 valence electrons. The van der Waals surface area contributed by atoms with E-state index >= 15 is 0 Å². The molecule has 3 aromatic rings. The molecule has 0 spiro atoms. The molecule has 3 rings (SSSR count). The van der Waals surface area contributed by atoms with Gasteiger partial charge in [-0.15, -0.1) is 0 Å². The number of nitrogens with zero attached hydrogens (tertiary/aromatic N) is 2. The number of nitrogens with one attached hydrogen (secondary N) is 3. The smallest absolute Gasteiger partial charge is 0.258 e. The van der Waals surface area contributed by atoms with Crippen LogP contribution in [0.15, 0.2) is 42.5 Å². The molecule has 1 heterocycles. The van der Waals surface area contributed by atoms with Crippen LogP contribution in [0, 0.1) is 17.5 Å². The maximum atomic E-state index is 13.8. The molecule has 2 amide bonds. The Morgan fingerprint density at radius 1 is 1.21 bits per heavy atom. The van der Waals surface area contributed by atoms with Gasteiger partial charge in [0.15, 0.2) is 10.6 Å². The molecule has 3 N–H and O–H groups in total. The van der Waals surface area contributed by atoms with Crippen molar-refractivity contribution >= 4 is 29.7 Å². The number of anilines is 1. The fourth-order valence-electron chi connectivity index (χ4n) is 2.81. The highest BCUT2D eigenvalue weighted by Gasteiger charge is 2.14. The molecule has 0 saturated heterocycles. The first-order valence-electron chi connectivity index (χ1n) is 8.99. The number of rotatable bonds is 6. The number of aryl methyl sites for hydroxylation is 1. The average molecular weight is 413 g/mol. The van der Waals surface area contributed by atoms with Gasteiger partial charge in [0.05, 0.1) is 12.1 Å². The molecule has 0 aliphatic carbocycles. The second kappa shape index (κ2) is 8.78. The highest BCUT2D eigenvalue weighted by molar-refractivity contribution is 7.71. The number of carbonyl (C=O) groups excluding carboxylic acids is 2. The van der Waals surface area contributed by atoms with Gasteiger partial charge in [-0.2, -0.15) is 5.10 Å². The van der Waals surface area contributed by atoms with Crippen LogP contribution in [-0.2, 0) is 13.1 Å². The lowest BCUT2D eigenvalue weighted by molar-refractivity contribution is 0.0948. The van der Waals surface area contributed by atoms with Crippen LogP contribution in [-0.4, -0.2) is 26.6 Å². The Hall–Kier alpha value is -3.33. The van der Waals surface area contributed by atoms with Gasteiger partial charge in [-0.25, -0.2) is 4.39 Å². The van der Waals surface area contributed by atoms with Gasteiger partial charge in [-0.05, 0) is 55.9 Å². The van der Waals surface area contributed by atoms with Crippen molar-refractivity contribution in [3.05, 3.63) is 75.6 Å². The molecule has 0 unspecified atom stereocenters. The summed E-state index contributed by atoms with van der Waals surface area (Å²) >= 11 is 5.13. The van der Waals surface area contributed by atoms with Crippen molar-refractivity contribution in [3.63, 3.8) is 0 Å². The molecule has 0 radical (unpaired) electrons. The Morgan fingerprint density at radius 3 is 2.69 bits per heavy atom. The van der Waals surface area contributed by atoms with Crippen LogP contribution in [0.3, 0.4) is 0 Å². The third-order valence-corrected chi connectivity index (χ3v) is 4.74. The number of amides is 2. The van der Waals surface area contributed by atoms with E-state index in [1.807, 2.05) is 6.92 Å². The van der Waals surface area contributed by atoms with E-state index in [-0.39, 0.29) is 18.0 Å². The van der Waals surface area contributed by atoms with Gasteiger partial charge in [0.25, 0.3) is 11.8 Å². The first-order valence-corrected chi connectivity index (χ1v) is 9.40. The van der Waals surface area contributed by atoms with Crippen LogP contribution < -0.4 is 10.6 Å². The van der Waals surface area contributed by atoms with E-state index in [1.54, 1.807) is 35.8 Å². The SMILES string of the molecule is CCn1c(CNC(=O)c2ccc(C)c(NC(=O)c3ccccc3F)c2)n[nH]c1=S. The molecule has 0 saturated carbocycles. The predicted octanol–water partition coefficient (Wildman–Crippen LogP) is 3.59. The molecule has 0 fully saturated rings. The monoisotopic (exact) mass is 413 g/mol. The second-order valence-electron chi connectivity index (χ2n) is 6.34. The molecule has 0 bridgehead atoms. The number of hydrogen-bond acceptors (Lipinski definition) is 4. The quantitative estimate of drug-likeness (QED) is 0.539. The topological polar surface area (TPSA) is 91.8 Å². The number of H-pyrrole nitrogens is 1. The normalized spacial score (nSPS) is 10.6. The molecule has 1 aromatic heterocycles. The standard InChI is InChI=1S/C20H20FN5O2S/c1-3-26-17(24-25-20(26)29)11-22-18(27)13-9-8-12(2)16(10-13)23-19(28)14-6-4-5-7-15(14)21/h4-10H,3,11H2,1-2H3,(H,22,27)(H,23,28)(H,25,29). The van der Waals surface area contributed by atoms with Crippen LogP contribution in [0.25, 0.3) is 0 Å². The van der Waals surface area contributed by atoms with Crippen LogP contribution in [0.1, 0.15) is 39.0 Å². The Balaban J connectivity index is 1.74. The van der Waals surface area contributed by atoms with Crippen molar-refractivity contribution in [1.29, 1.82) is 0 Å². The van der Waals surface area contributed by atoms with Gasteiger partial charge in [-0.1, -0.05) is 18.2 Å². The summed E-state index contributed by atoms with van der Waals surface area (Å²) in [5.74, 6) is -0.905. The average Bonchev–Trinajstić information content (AvgIpc) is 3.07. The largest absolute Gasteiger partial charge is 0.345 e. The lowest BCUT2D eigenvalue weighted by Crippen LogP contribution is -2.25. The van der Waals surface area contributed by atoms with Crippen molar-refractivity contribution in [2.45, 2.75) is 26.9 Å². The summed E-state index contributed by atoms with van der Waals surface area (Å²) in [5, 5.41) is 12.2. The Kier molecular flexibility index (Phi) is 6.18. The Bertz CT molecular complexity index is 1120. The molecule has 9 heteroatoms. The van der Waals surface area contributed by atoms with Crippen LogP contribution in [0.4, 0.5) is 10.1 Å². The van der Waals surface area contributed by atoms with Gasteiger partial charge in [-0.3, -0.25) is 14.7 Å². The Morgan fingerprint density at radius 2 is 1.97 bits per heavy atom. The van der Waals surface area contributed by atoms with Gasteiger partial charge >= 0.3 is 0 Å². The summed E-state index contributed by atoms with van der Waals surface area (Å²) in [4.78, 5) is 24.9. The molecule has 29 heavy (non-hydrogen) atoms. The van der Waals surface area contributed by atoms with Gasteiger partial charge < -0.3 is 15.2 Å². The Labute approximate surface area is 172 Å². The van der Waals surface area contributed by atoms with Gasteiger partial charge in [0.2, 0.25) is 0 Å². The number of aromatic amines is 1. The molecule has 0 atom stereocenters. The number of aromatic nitrogens is 3. The number of carbonyl (C=O) groups is 2. The van der Waals surface area contributed by atoms with E-state index in [9.17, 15) is 14.0 Å². The van der Waals surface area contributed by atoms with E-state index in [0.29, 0.717) is 28.4 Å². The molecular weight excluding hydrogens is 393 g/mol. The van der Waals surface area contributed by atoms with Crippen LogP contribution >= 0.6 is 12.2 Å². The predicted molar refractivity (Wildman–Crippen MR) is 110 cm³/mol. The molecular formula is C20H20FN5O2S. The third kappa shape index (κ3) is 4.57. The van der Waals surface area contributed by atoms with E-state index in [1.165, 1.54) is 18.2 Å². The third-order valence-electron chi connectivity index (χ3n) is 4.43. The molecule has 2 aromatic carbocycles. The van der Waals surface area contributed by atoms with Gasteiger partial charge in [0.1, 0.15) is 5.82 Å². The summed E-state index contributed by atoms with van der Waals surface area (Å²) < 4.78 is 16.1. The minimum atomic E-state index is -0.610. The molecule has 0 aliphatic rings. The van der Waals surface area contributed by atoms with Crippen molar-refractivity contribution in [1.82, 2.24) is 20.1 Å². The lowest BCUT2D eigenvalue weighted by atomic mass is 10.1. The number of hydrogen-bond donors (Lipinski definition) is 3. The van der Waals surface area contributed by atoms with E-state index in [4.69, 9.17) is 12.2 Å². The zero-order chi connectivity index (χ0) is 21.0. The van der Waals surface area contributed by atoms with Crippen molar-refractivity contribution in [2.75, 3.05) is 5.32 Å². The first-order chi connectivity index (χ1) is 13.9. The fourth-order valence-corrected chi connectivity index (χ4v) is 3.09. The lowest BCUT2D eigenvalue weighted by Gasteiger charge is -2.11. The molecule has 7 nitrogen and oxygen atoms in total. The summed E-state index contributed by atoms with van der Waals surface area (Å²) in [6, 6.07) is 10.6. The van der Waals surface area contributed by atoms with Crippen molar-refractivity contribution < 1.29 is 14.0 Å². The minimum Gasteiger partial charge on any atom is -0.345 e. The van der Waals surface area contributed by atoms with E-state index in [0.717, 1.165) is 5.56 Å². The highest BCUT2D eigenvalue weighted by atomic mass is 32.1. The number of halogens is 1. The zero-order valence-electron chi connectivity index (χ0n) is 16.0. The van der Waals surface area contributed by atoms with E-state index < -0.39 is 11.7 Å². The maximum absolute atomic E-state index is 13.8. The first kappa shape index (κ1) is 20.4. The van der Waals surface area contributed by atoms with Gasteiger partial charge in [0, 0.05) is 17.8 Å². The second-order valence-corrected chi connectivity index (χ2v) is 6.72.